The van der Waals surface area contributed by atoms with Crippen LogP contribution in [0.5, 0.6) is 0 Å². The largest absolute Gasteiger partial charge is 0.367 e. The summed E-state index contributed by atoms with van der Waals surface area (Å²) in [5, 5.41) is 8.50. The summed E-state index contributed by atoms with van der Waals surface area (Å²) < 4.78 is 27.3. The lowest BCUT2D eigenvalue weighted by molar-refractivity contribution is 0.192. The molecule has 0 amide bonds. The first-order chi connectivity index (χ1) is 13.9. The lowest BCUT2D eigenvalue weighted by atomic mass is 9.74. The second-order valence-corrected chi connectivity index (χ2v) is 10.2. The number of aromatic nitrogens is 1. The first-order valence-corrected chi connectivity index (χ1v) is 11.6. The molecule has 2 heterocycles. The van der Waals surface area contributed by atoms with E-state index in [9.17, 15) is 13.3 Å². The summed E-state index contributed by atoms with van der Waals surface area (Å²) in [6.45, 7) is 5.66. The molecule has 8 nitrogen and oxygen atoms in total. The molecule has 0 atom stereocenters. The van der Waals surface area contributed by atoms with Crippen LogP contribution in [-0.4, -0.2) is 54.9 Å². The molecule has 0 bridgehead atoms. The van der Waals surface area contributed by atoms with E-state index in [2.05, 4.69) is 29.4 Å². The predicted molar refractivity (Wildman–Crippen MR) is 113 cm³/mol. The molecule has 1 aromatic carbocycles. The van der Waals surface area contributed by atoms with Crippen LogP contribution in [0.4, 0.5) is 5.82 Å². The number of anilines is 1. The van der Waals surface area contributed by atoms with Crippen LogP contribution in [-0.2, 0) is 10.0 Å². The fourth-order valence-corrected chi connectivity index (χ4v) is 5.48. The molecular formula is C20H27N5O3S. The van der Waals surface area contributed by atoms with Crippen molar-refractivity contribution in [1.82, 2.24) is 14.3 Å². The van der Waals surface area contributed by atoms with Crippen LogP contribution in [0.1, 0.15) is 26.7 Å². The van der Waals surface area contributed by atoms with Crippen LogP contribution in [0.2, 0.25) is 0 Å². The molecule has 156 valence electrons. The van der Waals surface area contributed by atoms with Crippen LogP contribution in [0.25, 0.3) is 10.9 Å². The minimum Gasteiger partial charge on any atom is -0.367 e. The minimum absolute atomic E-state index is 0.249. The van der Waals surface area contributed by atoms with Gasteiger partial charge in [0.15, 0.2) is 0 Å². The summed E-state index contributed by atoms with van der Waals surface area (Å²) in [7, 11) is -3.60. The smallest absolute Gasteiger partial charge is 0.243 e. The van der Waals surface area contributed by atoms with Gasteiger partial charge in [-0.3, -0.25) is 5.01 Å². The zero-order valence-corrected chi connectivity index (χ0v) is 17.6. The summed E-state index contributed by atoms with van der Waals surface area (Å²) in [4.78, 5) is 15.5. The molecule has 29 heavy (non-hydrogen) atoms. The zero-order valence-electron chi connectivity index (χ0n) is 16.8. The second kappa shape index (κ2) is 7.87. The third kappa shape index (κ3) is 4.06. The molecule has 4 rings (SSSR count). The standard InChI is InChI=1S/C20H27N5O3S/c1-14(2)16-11-17(12-16)21-20-6-3-15-13-18(4-5-19(15)22-20)29(27,28)25-9-7-24(23-26)8-10-25/h3-6,13-14,16-17H,7-12H2,1-2H3,(H,21,22). The number of pyridine rings is 1. The van der Waals surface area contributed by atoms with E-state index in [0.29, 0.717) is 19.1 Å². The Balaban J connectivity index is 1.48. The van der Waals surface area contributed by atoms with E-state index in [-0.39, 0.29) is 18.0 Å². The number of fused-ring (bicyclic) bond motifs is 1. The molecule has 0 spiro atoms. The minimum atomic E-state index is -3.60. The highest BCUT2D eigenvalue weighted by Crippen LogP contribution is 2.35. The molecule has 0 unspecified atom stereocenters. The number of hydrogen-bond donors (Lipinski definition) is 1. The molecule has 1 aliphatic heterocycles. The number of nitrogens with zero attached hydrogens (tertiary/aromatic N) is 4. The van der Waals surface area contributed by atoms with Gasteiger partial charge in [-0.1, -0.05) is 13.8 Å². The van der Waals surface area contributed by atoms with Gasteiger partial charge in [0.2, 0.25) is 10.0 Å². The second-order valence-electron chi connectivity index (χ2n) is 8.31. The van der Waals surface area contributed by atoms with Crippen LogP contribution < -0.4 is 5.32 Å². The van der Waals surface area contributed by atoms with Gasteiger partial charge in [-0.15, -0.1) is 4.91 Å². The number of rotatable bonds is 6. The maximum absolute atomic E-state index is 12.9. The molecule has 1 N–H and O–H groups in total. The van der Waals surface area contributed by atoms with Crippen molar-refractivity contribution in [3.8, 4) is 0 Å². The van der Waals surface area contributed by atoms with Gasteiger partial charge >= 0.3 is 0 Å². The number of sulfonamides is 1. The molecule has 2 fully saturated rings. The molecule has 1 aromatic heterocycles. The fourth-order valence-electron chi connectivity index (χ4n) is 4.03. The Hall–Kier alpha value is -2.26. The van der Waals surface area contributed by atoms with Crippen molar-refractivity contribution in [1.29, 1.82) is 0 Å². The molecule has 1 saturated carbocycles. The molecule has 2 aromatic rings. The summed E-state index contributed by atoms with van der Waals surface area (Å²) in [5.74, 6) is 2.33. The van der Waals surface area contributed by atoms with Crippen LogP contribution in [0, 0.1) is 16.7 Å². The monoisotopic (exact) mass is 417 g/mol. The highest BCUT2D eigenvalue weighted by atomic mass is 32.2. The van der Waals surface area contributed by atoms with Crippen LogP contribution in [0.15, 0.2) is 40.5 Å². The van der Waals surface area contributed by atoms with E-state index in [1.54, 1.807) is 18.2 Å². The summed E-state index contributed by atoms with van der Waals surface area (Å²) in [6, 6.07) is 9.33. The highest BCUT2D eigenvalue weighted by Gasteiger charge is 2.31. The van der Waals surface area contributed by atoms with Crippen molar-refractivity contribution in [3.63, 3.8) is 0 Å². The van der Waals surface area contributed by atoms with Gasteiger partial charge in [0.05, 0.1) is 28.8 Å². The molecule has 0 radical (unpaired) electrons. The van der Waals surface area contributed by atoms with Gasteiger partial charge in [-0.2, -0.15) is 4.31 Å². The lowest BCUT2D eigenvalue weighted by Crippen LogP contribution is -2.46. The van der Waals surface area contributed by atoms with Crippen molar-refractivity contribution in [2.24, 2.45) is 17.1 Å². The van der Waals surface area contributed by atoms with Crippen molar-refractivity contribution in [2.75, 3.05) is 31.5 Å². The first kappa shape index (κ1) is 20.0. The van der Waals surface area contributed by atoms with E-state index < -0.39 is 10.0 Å². The normalized spacial score (nSPS) is 23.2. The van der Waals surface area contributed by atoms with Crippen LogP contribution >= 0.6 is 0 Å². The van der Waals surface area contributed by atoms with Crippen molar-refractivity contribution in [2.45, 2.75) is 37.6 Å². The predicted octanol–water partition coefficient (Wildman–Crippen LogP) is 3.07. The summed E-state index contributed by atoms with van der Waals surface area (Å²) >= 11 is 0. The van der Waals surface area contributed by atoms with Crippen molar-refractivity contribution >= 4 is 26.7 Å². The van der Waals surface area contributed by atoms with E-state index in [4.69, 9.17) is 0 Å². The lowest BCUT2D eigenvalue weighted by Gasteiger charge is -2.38. The average molecular weight is 418 g/mol. The molecule has 1 saturated heterocycles. The quantitative estimate of drug-likeness (QED) is 0.726. The molecule has 1 aliphatic carbocycles. The maximum atomic E-state index is 12.9. The highest BCUT2D eigenvalue weighted by molar-refractivity contribution is 7.89. The van der Waals surface area contributed by atoms with E-state index in [0.717, 1.165) is 28.6 Å². The summed E-state index contributed by atoms with van der Waals surface area (Å²) in [5.41, 5.74) is 0.767. The molecule has 2 aliphatic rings. The van der Waals surface area contributed by atoms with E-state index >= 15 is 0 Å². The number of hydrogen-bond acceptors (Lipinski definition) is 6. The van der Waals surface area contributed by atoms with Gasteiger partial charge < -0.3 is 5.32 Å². The van der Waals surface area contributed by atoms with Gasteiger partial charge in [0, 0.05) is 24.5 Å². The van der Waals surface area contributed by atoms with Gasteiger partial charge in [-0.25, -0.2) is 13.4 Å². The van der Waals surface area contributed by atoms with Crippen LogP contribution in [0.3, 0.4) is 0 Å². The van der Waals surface area contributed by atoms with E-state index in [1.165, 1.54) is 22.2 Å². The number of piperazine rings is 1. The Morgan fingerprint density at radius 1 is 1.10 bits per heavy atom. The SMILES string of the molecule is CC(C)C1CC(Nc2ccc3cc(S(=O)(=O)N4CCN(N=O)CC4)ccc3n2)C1. The maximum Gasteiger partial charge on any atom is 0.243 e. The van der Waals surface area contributed by atoms with Crippen molar-refractivity contribution < 1.29 is 8.42 Å². The molecule has 9 heteroatoms. The zero-order chi connectivity index (χ0) is 20.6. The molecular weight excluding hydrogens is 390 g/mol. The average Bonchev–Trinajstić information content (AvgIpc) is 2.69. The number of benzene rings is 1. The number of nitroso groups, excluding NO2 is 1. The Bertz CT molecular complexity index is 996. The fraction of sp³-hybridized carbons (Fsp3) is 0.550. The Labute approximate surface area is 171 Å². The Morgan fingerprint density at radius 2 is 1.83 bits per heavy atom. The van der Waals surface area contributed by atoms with Gasteiger partial charge in [-0.05, 0) is 55.0 Å². The van der Waals surface area contributed by atoms with Gasteiger partial charge in [0.25, 0.3) is 0 Å². The topological polar surface area (TPSA) is 95.0 Å². The van der Waals surface area contributed by atoms with Gasteiger partial charge in [0.1, 0.15) is 5.82 Å². The first-order valence-electron chi connectivity index (χ1n) is 10.1. The summed E-state index contributed by atoms with van der Waals surface area (Å²) in [6.07, 6.45) is 2.34. The van der Waals surface area contributed by atoms with Crippen molar-refractivity contribution in [3.05, 3.63) is 35.2 Å². The third-order valence-corrected chi connectivity index (χ3v) is 7.99. The van der Waals surface area contributed by atoms with E-state index in [1.807, 2.05) is 12.1 Å². The Kier molecular flexibility index (Phi) is 5.44. The number of nitrogens with one attached hydrogen (secondary N) is 1. The Morgan fingerprint density at radius 3 is 2.48 bits per heavy atom. The third-order valence-electron chi connectivity index (χ3n) is 6.10.